The van der Waals surface area contributed by atoms with Crippen LogP contribution in [0.1, 0.15) is 11.1 Å². The van der Waals surface area contributed by atoms with Crippen molar-refractivity contribution in [3.8, 4) is 11.3 Å². The maximum Gasteiger partial charge on any atom is 0.273 e. The fourth-order valence-corrected chi connectivity index (χ4v) is 2.63. The fraction of sp³-hybridized carbons (Fsp3) is 0.111. The van der Waals surface area contributed by atoms with Crippen molar-refractivity contribution in [1.82, 2.24) is 9.55 Å². The van der Waals surface area contributed by atoms with Crippen LogP contribution in [0, 0.1) is 6.92 Å². The van der Waals surface area contributed by atoms with Crippen LogP contribution in [0.3, 0.4) is 0 Å². The lowest BCUT2D eigenvalue weighted by Gasteiger charge is -2.14. The Balaban J connectivity index is 2.13. The lowest BCUT2D eigenvalue weighted by atomic mass is 10.1. The van der Waals surface area contributed by atoms with Crippen LogP contribution in [0.5, 0.6) is 0 Å². The summed E-state index contributed by atoms with van der Waals surface area (Å²) in [5.41, 5.74) is 3.47. The number of halogens is 1. The number of rotatable bonds is 3. The number of hydrogen-bond acceptors (Lipinski definition) is 2. The van der Waals surface area contributed by atoms with E-state index in [1.807, 2.05) is 60.0 Å². The third kappa shape index (κ3) is 2.95. The van der Waals surface area contributed by atoms with E-state index in [9.17, 15) is 4.79 Å². The molecule has 0 atom stereocenters. The van der Waals surface area contributed by atoms with E-state index in [-0.39, 0.29) is 5.56 Å². The van der Waals surface area contributed by atoms with Gasteiger partial charge in [0, 0.05) is 18.2 Å². The first kappa shape index (κ1) is 14.5. The Labute approximate surface area is 133 Å². The van der Waals surface area contributed by atoms with Crippen molar-refractivity contribution < 1.29 is 0 Å². The summed E-state index contributed by atoms with van der Waals surface area (Å²) in [6.07, 6.45) is 1.57. The zero-order chi connectivity index (χ0) is 15.5. The van der Waals surface area contributed by atoms with Gasteiger partial charge in [-0.1, -0.05) is 60.1 Å². The standard InChI is InChI=1S/C18H15ClN2O/c1-13-6-5-9-15(18(13)19)16-10-17(22)20-12-21(16)11-14-7-3-2-4-8-14/h2-10,12H,11H2,1H3. The average molecular weight is 311 g/mol. The van der Waals surface area contributed by atoms with Crippen LogP contribution in [0.2, 0.25) is 5.02 Å². The molecule has 0 fully saturated rings. The van der Waals surface area contributed by atoms with Gasteiger partial charge in [0.15, 0.2) is 0 Å². The highest BCUT2D eigenvalue weighted by molar-refractivity contribution is 6.34. The first-order valence-electron chi connectivity index (χ1n) is 7.01. The van der Waals surface area contributed by atoms with Gasteiger partial charge in [-0.05, 0) is 18.1 Å². The van der Waals surface area contributed by atoms with Crippen LogP contribution in [0.25, 0.3) is 11.3 Å². The van der Waals surface area contributed by atoms with Crippen LogP contribution >= 0.6 is 11.6 Å². The Morgan fingerprint density at radius 2 is 1.86 bits per heavy atom. The van der Waals surface area contributed by atoms with E-state index in [1.54, 1.807) is 6.33 Å². The SMILES string of the molecule is Cc1cccc(-c2cc(=O)ncn2Cc2ccccc2)c1Cl. The summed E-state index contributed by atoms with van der Waals surface area (Å²) in [7, 11) is 0. The first-order valence-corrected chi connectivity index (χ1v) is 7.39. The Morgan fingerprint density at radius 3 is 2.64 bits per heavy atom. The van der Waals surface area contributed by atoms with Crippen molar-refractivity contribution in [3.63, 3.8) is 0 Å². The molecule has 0 bridgehead atoms. The van der Waals surface area contributed by atoms with Gasteiger partial charge in [-0.25, -0.2) is 0 Å². The summed E-state index contributed by atoms with van der Waals surface area (Å²) in [4.78, 5) is 15.6. The smallest absolute Gasteiger partial charge is 0.273 e. The summed E-state index contributed by atoms with van der Waals surface area (Å²) in [5, 5.41) is 0.662. The van der Waals surface area contributed by atoms with Crippen LogP contribution in [-0.4, -0.2) is 9.55 Å². The zero-order valence-electron chi connectivity index (χ0n) is 12.2. The molecule has 0 unspecified atom stereocenters. The van der Waals surface area contributed by atoms with E-state index in [1.165, 1.54) is 6.07 Å². The third-order valence-electron chi connectivity index (χ3n) is 3.56. The molecule has 0 saturated carbocycles. The molecular weight excluding hydrogens is 296 g/mol. The maximum absolute atomic E-state index is 11.7. The largest absolute Gasteiger partial charge is 0.327 e. The van der Waals surface area contributed by atoms with E-state index in [4.69, 9.17) is 11.6 Å². The number of aromatic nitrogens is 2. The molecular formula is C18H15ClN2O. The molecule has 2 aromatic carbocycles. The highest BCUT2D eigenvalue weighted by Crippen LogP contribution is 2.29. The molecule has 0 aliphatic rings. The predicted molar refractivity (Wildman–Crippen MR) is 89.2 cm³/mol. The maximum atomic E-state index is 11.7. The molecule has 1 aromatic heterocycles. The topological polar surface area (TPSA) is 34.9 Å². The minimum atomic E-state index is -0.267. The highest BCUT2D eigenvalue weighted by Gasteiger charge is 2.10. The molecule has 0 aliphatic heterocycles. The first-order chi connectivity index (χ1) is 10.6. The molecule has 22 heavy (non-hydrogen) atoms. The Morgan fingerprint density at radius 1 is 1.09 bits per heavy atom. The summed E-state index contributed by atoms with van der Waals surface area (Å²) < 4.78 is 1.94. The van der Waals surface area contributed by atoms with Crippen LogP contribution in [0.4, 0.5) is 0 Å². The molecule has 0 aliphatic carbocycles. The van der Waals surface area contributed by atoms with Gasteiger partial charge in [-0.2, -0.15) is 4.98 Å². The van der Waals surface area contributed by atoms with E-state index >= 15 is 0 Å². The minimum absolute atomic E-state index is 0.267. The van der Waals surface area contributed by atoms with E-state index in [0.29, 0.717) is 11.6 Å². The fourth-order valence-electron chi connectivity index (χ4n) is 2.41. The Kier molecular flexibility index (Phi) is 4.07. The minimum Gasteiger partial charge on any atom is -0.327 e. The van der Waals surface area contributed by atoms with Crippen LogP contribution in [-0.2, 0) is 6.54 Å². The van der Waals surface area contributed by atoms with Crippen LogP contribution < -0.4 is 5.56 Å². The monoisotopic (exact) mass is 310 g/mol. The normalized spacial score (nSPS) is 10.6. The van der Waals surface area contributed by atoms with Gasteiger partial charge >= 0.3 is 0 Å². The molecule has 1 heterocycles. The summed E-state index contributed by atoms with van der Waals surface area (Å²) in [6.45, 7) is 2.58. The number of hydrogen-bond donors (Lipinski definition) is 0. The van der Waals surface area contributed by atoms with Gasteiger partial charge in [0.1, 0.15) is 0 Å². The van der Waals surface area contributed by atoms with E-state index in [2.05, 4.69) is 4.98 Å². The van der Waals surface area contributed by atoms with Crippen molar-refractivity contribution in [2.75, 3.05) is 0 Å². The van der Waals surface area contributed by atoms with Crippen molar-refractivity contribution >= 4 is 11.6 Å². The molecule has 3 aromatic rings. The van der Waals surface area contributed by atoms with Gasteiger partial charge in [-0.3, -0.25) is 4.79 Å². The molecule has 3 nitrogen and oxygen atoms in total. The number of aryl methyl sites for hydroxylation is 1. The second-order valence-corrected chi connectivity index (χ2v) is 5.54. The van der Waals surface area contributed by atoms with Gasteiger partial charge < -0.3 is 4.57 Å². The lowest BCUT2D eigenvalue weighted by Crippen LogP contribution is -2.13. The summed E-state index contributed by atoms with van der Waals surface area (Å²) in [6, 6.07) is 17.4. The van der Waals surface area contributed by atoms with Gasteiger partial charge in [0.25, 0.3) is 5.56 Å². The molecule has 0 radical (unpaired) electrons. The van der Waals surface area contributed by atoms with Crippen molar-refractivity contribution in [3.05, 3.63) is 87.4 Å². The molecule has 0 spiro atoms. The van der Waals surface area contributed by atoms with Crippen molar-refractivity contribution in [2.24, 2.45) is 0 Å². The second-order valence-electron chi connectivity index (χ2n) is 5.16. The second kappa shape index (κ2) is 6.16. The quantitative estimate of drug-likeness (QED) is 0.735. The molecule has 4 heteroatoms. The van der Waals surface area contributed by atoms with Gasteiger partial charge in [-0.15, -0.1) is 0 Å². The molecule has 3 rings (SSSR count). The van der Waals surface area contributed by atoms with E-state index in [0.717, 1.165) is 22.4 Å². The molecule has 110 valence electrons. The Bertz CT molecular complexity index is 856. The Hall–Kier alpha value is -2.39. The van der Waals surface area contributed by atoms with Crippen molar-refractivity contribution in [2.45, 2.75) is 13.5 Å². The van der Waals surface area contributed by atoms with Crippen molar-refractivity contribution in [1.29, 1.82) is 0 Å². The lowest BCUT2D eigenvalue weighted by molar-refractivity contribution is 0.769. The molecule has 0 N–H and O–H groups in total. The van der Waals surface area contributed by atoms with Gasteiger partial charge in [0.05, 0.1) is 17.0 Å². The highest BCUT2D eigenvalue weighted by atomic mass is 35.5. The average Bonchev–Trinajstić information content (AvgIpc) is 2.53. The van der Waals surface area contributed by atoms with Crippen LogP contribution in [0.15, 0.2) is 65.7 Å². The third-order valence-corrected chi connectivity index (χ3v) is 4.06. The summed E-state index contributed by atoms with van der Waals surface area (Å²) in [5.74, 6) is 0. The van der Waals surface area contributed by atoms with E-state index < -0.39 is 0 Å². The number of benzene rings is 2. The number of nitrogens with zero attached hydrogens (tertiary/aromatic N) is 2. The predicted octanol–water partition coefficient (Wildman–Crippen LogP) is 3.92. The summed E-state index contributed by atoms with van der Waals surface area (Å²) >= 11 is 6.42. The van der Waals surface area contributed by atoms with Gasteiger partial charge in [0.2, 0.25) is 0 Å². The molecule has 0 saturated heterocycles. The zero-order valence-corrected chi connectivity index (χ0v) is 12.9. The molecule has 0 amide bonds.